The fourth-order valence-corrected chi connectivity index (χ4v) is 1.70. The van der Waals surface area contributed by atoms with Crippen LogP contribution in [0.15, 0.2) is 0 Å². The second-order valence-corrected chi connectivity index (χ2v) is 3.58. The number of rotatable bonds is 1. The van der Waals surface area contributed by atoms with Gasteiger partial charge in [-0.05, 0) is 19.8 Å². The summed E-state index contributed by atoms with van der Waals surface area (Å²) in [5, 5.41) is 0. The Kier molecular flexibility index (Phi) is 2.32. The fraction of sp³-hybridized carbons (Fsp3) is 1.00. The molecule has 2 heteroatoms. The highest BCUT2D eigenvalue weighted by molar-refractivity contribution is 4.58. The van der Waals surface area contributed by atoms with Gasteiger partial charge in [0.1, 0.15) is 6.17 Å². The fourth-order valence-electron chi connectivity index (χ4n) is 1.70. The molecule has 1 fully saturated rings. The number of nitrogens with zero attached hydrogens (tertiary/aromatic N) is 1. The molecule has 60 valence electrons. The molecule has 0 radical (unpaired) electrons. The summed E-state index contributed by atoms with van der Waals surface area (Å²) in [5.41, 5.74) is 6.00. The van der Waals surface area contributed by atoms with Gasteiger partial charge in [0.05, 0.1) is 20.1 Å². The van der Waals surface area contributed by atoms with Crippen molar-refractivity contribution in [2.75, 3.05) is 20.1 Å². The zero-order valence-corrected chi connectivity index (χ0v) is 7.14. The molecule has 0 amide bonds. The third-order valence-electron chi connectivity index (χ3n) is 2.94. The molecule has 2 atom stereocenters. The number of hydrogen-bond donors (Lipinski definition) is 1. The van der Waals surface area contributed by atoms with Crippen LogP contribution in [0.2, 0.25) is 0 Å². The lowest BCUT2D eigenvalue weighted by molar-refractivity contribution is -0.936. The van der Waals surface area contributed by atoms with E-state index in [9.17, 15) is 0 Å². The minimum absolute atomic E-state index is 0.402. The first-order chi connectivity index (χ1) is 4.69. The Labute approximate surface area is 63.6 Å². The summed E-state index contributed by atoms with van der Waals surface area (Å²) in [6.07, 6.45) is 4.30. The minimum atomic E-state index is 0.402. The molecular formula is C8H19N2+. The Hall–Kier alpha value is -0.0800. The standard InChI is InChI=1S/C8H19N2/c1-3-10(2)7-5-4-6-8(10)9/h8H,3-7,9H2,1-2H3/q+1. The van der Waals surface area contributed by atoms with Crippen molar-refractivity contribution in [3.8, 4) is 0 Å². The van der Waals surface area contributed by atoms with E-state index in [1.165, 1.54) is 32.4 Å². The van der Waals surface area contributed by atoms with E-state index in [1.54, 1.807) is 0 Å². The number of quaternary nitrogens is 1. The van der Waals surface area contributed by atoms with E-state index in [0.717, 1.165) is 4.48 Å². The van der Waals surface area contributed by atoms with Crippen LogP contribution in [0.4, 0.5) is 0 Å². The van der Waals surface area contributed by atoms with Gasteiger partial charge in [-0.1, -0.05) is 0 Å². The number of hydrogen-bond acceptors (Lipinski definition) is 1. The first kappa shape index (κ1) is 8.02. The number of piperidine rings is 1. The highest BCUT2D eigenvalue weighted by atomic mass is 15.4. The third kappa shape index (κ3) is 1.32. The van der Waals surface area contributed by atoms with E-state index in [1.807, 2.05) is 0 Å². The number of nitrogens with two attached hydrogens (primary N) is 1. The summed E-state index contributed by atoms with van der Waals surface area (Å²) in [6.45, 7) is 4.68. The molecule has 1 aliphatic heterocycles. The van der Waals surface area contributed by atoms with Gasteiger partial charge in [0.25, 0.3) is 0 Å². The largest absolute Gasteiger partial charge is 0.312 e. The van der Waals surface area contributed by atoms with Crippen LogP contribution in [0.25, 0.3) is 0 Å². The zero-order valence-electron chi connectivity index (χ0n) is 7.14. The molecule has 1 aliphatic rings. The molecule has 0 aromatic rings. The zero-order chi connectivity index (χ0) is 7.61. The summed E-state index contributed by atoms with van der Waals surface area (Å²) in [6, 6.07) is 0. The normalized spacial score (nSPS) is 41.7. The average molecular weight is 143 g/mol. The highest BCUT2D eigenvalue weighted by Crippen LogP contribution is 2.19. The Bertz CT molecular complexity index is 114. The van der Waals surface area contributed by atoms with E-state index in [-0.39, 0.29) is 0 Å². The predicted molar refractivity (Wildman–Crippen MR) is 43.4 cm³/mol. The molecule has 1 saturated heterocycles. The maximum atomic E-state index is 6.00. The first-order valence-corrected chi connectivity index (χ1v) is 4.29. The quantitative estimate of drug-likeness (QED) is 0.543. The van der Waals surface area contributed by atoms with Crippen molar-refractivity contribution in [2.24, 2.45) is 5.73 Å². The predicted octanol–water partition coefficient (Wildman–Crippen LogP) is 0.922. The Morgan fingerprint density at radius 3 is 2.60 bits per heavy atom. The van der Waals surface area contributed by atoms with Crippen molar-refractivity contribution >= 4 is 0 Å². The van der Waals surface area contributed by atoms with Crippen LogP contribution >= 0.6 is 0 Å². The molecular weight excluding hydrogens is 124 g/mol. The van der Waals surface area contributed by atoms with E-state index < -0.39 is 0 Å². The van der Waals surface area contributed by atoms with Crippen molar-refractivity contribution < 1.29 is 4.48 Å². The van der Waals surface area contributed by atoms with Crippen molar-refractivity contribution in [3.05, 3.63) is 0 Å². The van der Waals surface area contributed by atoms with Gasteiger partial charge in [0.15, 0.2) is 0 Å². The molecule has 1 rings (SSSR count). The first-order valence-electron chi connectivity index (χ1n) is 4.29. The summed E-state index contributed by atoms with van der Waals surface area (Å²) in [5.74, 6) is 0. The summed E-state index contributed by atoms with van der Waals surface area (Å²) < 4.78 is 1.08. The number of likely N-dealkylation sites (tertiary alicyclic amines) is 1. The van der Waals surface area contributed by atoms with Crippen LogP contribution in [0.1, 0.15) is 26.2 Å². The van der Waals surface area contributed by atoms with Gasteiger partial charge in [-0.3, -0.25) is 5.73 Å². The van der Waals surface area contributed by atoms with E-state index in [4.69, 9.17) is 5.73 Å². The molecule has 0 saturated carbocycles. The Morgan fingerprint density at radius 2 is 2.20 bits per heavy atom. The molecule has 2 unspecified atom stereocenters. The Morgan fingerprint density at radius 1 is 1.50 bits per heavy atom. The van der Waals surface area contributed by atoms with Crippen molar-refractivity contribution in [1.29, 1.82) is 0 Å². The van der Waals surface area contributed by atoms with Crippen LogP contribution in [0.5, 0.6) is 0 Å². The van der Waals surface area contributed by atoms with E-state index in [2.05, 4.69) is 14.0 Å². The van der Waals surface area contributed by atoms with Gasteiger partial charge < -0.3 is 4.48 Å². The average Bonchev–Trinajstić information content (AvgIpc) is 1.96. The topological polar surface area (TPSA) is 26.0 Å². The second-order valence-electron chi connectivity index (χ2n) is 3.58. The maximum Gasteiger partial charge on any atom is 0.140 e. The lowest BCUT2D eigenvalue weighted by Crippen LogP contribution is -2.59. The van der Waals surface area contributed by atoms with Gasteiger partial charge in [-0.2, -0.15) is 0 Å². The third-order valence-corrected chi connectivity index (χ3v) is 2.94. The van der Waals surface area contributed by atoms with Crippen molar-refractivity contribution in [1.82, 2.24) is 0 Å². The molecule has 1 heterocycles. The van der Waals surface area contributed by atoms with Gasteiger partial charge in [0, 0.05) is 6.42 Å². The molecule has 0 spiro atoms. The van der Waals surface area contributed by atoms with Crippen LogP contribution in [-0.4, -0.2) is 30.8 Å². The van der Waals surface area contributed by atoms with Crippen LogP contribution in [0.3, 0.4) is 0 Å². The summed E-state index contributed by atoms with van der Waals surface area (Å²) >= 11 is 0. The lowest BCUT2D eigenvalue weighted by atomic mass is 10.1. The highest BCUT2D eigenvalue weighted by Gasteiger charge is 2.30. The molecule has 0 aliphatic carbocycles. The van der Waals surface area contributed by atoms with E-state index in [0.29, 0.717) is 6.17 Å². The summed E-state index contributed by atoms with van der Waals surface area (Å²) in [7, 11) is 2.27. The SMILES string of the molecule is CC[N+]1(C)CCCCC1N. The lowest BCUT2D eigenvalue weighted by Gasteiger charge is -2.42. The van der Waals surface area contributed by atoms with Crippen molar-refractivity contribution in [3.63, 3.8) is 0 Å². The molecule has 0 bridgehead atoms. The van der Waals surface area contributed by atoms with Crippen molar-refractivity contribution in [2.45, 2.75) is 32.4 Å². The maximum absolute atomic E-state index is 6.00. The van der Waals surface area contributed by atoms with Crippen LogP contribution in [-0.2, 0) is 0 Å². The van der Waals surface area contributed by atoms with Crippen LogP contribution in [0, 0.1) is 0 Å². The van der Waals surface area contributed by atoms with Crippen LogP contribution < -0.4 is 5.73 Å². The van der Waals surface area contributed by atoms with E-state index >= 15 is 0 Å². The monoisotopic (exact) mass is 143 g/mol. The van der Waals surface area contributed by atoms with Gasteiger partial charge in [-0.15, -0.1) is 0 Å². The minimum Gasteiger partial charge on any atom is -0.312 e. The Balaban J connectivity index is 2.54. The molecule has 2 N–H and O–H groups in total. The van der Waals surface area contributed by atoms with Gasteiger partial charge >= 0.3 is 0 Å². The molecule has 10 heavy (non-hydrogen) atoms. The molecule has 0 aromatic carbocycles. The summed E-state index contributed by atoms with van der Waals surface area (Å²) in [4.78, 5) is 0. The molecule has 2 nitrogen and oxygen atoms in total. The molecule has 0 aromatic heterocycles. The smallest absolute Gasteiger partial charge is 0.140 e. The van der Waals surface area contributed by atoms with Gasteiger partial charge in [-0.25, -0.2) is 0 Å². The van der Waals surface area contributed by atoms with Gasteiger partial charge in [0.2, 0.25) is 0 Å². The second kappa shape index (κ2) is 2.89.